The van der Waals surface area contributed by atoms with Crippen molar-refractivity contribution >= 4 is 18.3 Å². The van der Waals surface area contributed by atoms with Gasteiger partial charge < -0.3 is 16.4 Å². The summed E-state index contributed by atoms with van der Waals surface area (Å²) in [7, 11) is 0. The second kappa shape index (κ2) is 4.79. The van der Waals surface area contributed by atoms with E-state index in [0.29, 0.717) is 0 Å². The Morgan fingerprint density at radius 3 is 2.46 bits per heavy atom. The number of nitrogens with zero attached hydrogens (tertiary/aromatic N) is 1. The Balaban J connectivity index is 0.00000144. The number of rotatable bonds is 1. The van der Waals surface area contributed by atoms with Gasteiger partial charge in [0.25, 0.3) is 0 Å². The summed E-state index contributed by atoms with van der Waals surface area (Å²) in [4.78, 5) is 13.2. The molecule has 1 aliphatic rings. The van der Waals surface area contributed by atoms with Crippen molar-refractivity contribution in [3.63, 3.8) is 0 Å². The van der Waals surface area contributed by atoms with Crippen molar-refractivity contribution < 1.29 is 4.79 Å². The number of hydrogen-bond acceptors (Lipinski definition) is 3. The molecule has 78 valence electrons. The minimum absolute atomic E-state index is 0. The van der Waals surface area contributed by atoms with Crippen LogP contribution in [0.25, 0.3) is 0 Å². The topological polar surface area (TPSA) is 72.4 Å². The predicted molar refractivity (Wildman–Crippen MR) is 54.7 cm³/mol. The molecule has 0 aromatic carbocycles. The Bertz CT molecular complexity index is 186. The fourth-order valence-corrected chi connectivity index (χ4v) is 1.54. The van der Waals surface area contributed by atoms with Crippen LogP contribution in [0.4, 0.5) is 0 Å². The zero-order valence-corrected chi connectivity index (χ0v) is 8.88. The second-order valence-electron chi connectivity index (χ2n) is 3.51. The highest BCUT2D eigenvalue weighted by Gasteiger charge is 2.32. The number of carbonyl (C=O) groups excluding carboxylic acids is 1. The lowest BCUT2D eigenvalue weighted by Crippen LogP contribution is -2.46. The molecule has 1 saturated heterocycles. The van der Waals surface area contributed by atoms with Gasteiger partial charge in [-0.15, -0.1) is 12.4 Å². The number of amides is 1. The summed E-state index contributed by atoms with van der Waals surface area (Å²) in [5, 5.41) is 0. The fraction of sp³-hybridized carbons (Fsp3) is 0.875. The van der Waals surface area contributed by atoms with Gasteiger partial charge in [0, 0.05) is 18.6 Å². The van der Waals surface area contributed by atoms with Gasteiger partial charge in [-0.2, -0.15) is 0 Å². The molecular formula is C8H18ClN3O. The van der Waals surface area contributed by atoms with Crippen molar-refractivity contribution in [3.8, 4) is 0 Å². The van der Waals surface area contributed by atoms with Crippen LogP contribution in [0, 0.1) is 0 Å². The van der Waals surface area contributed by atoms with Crippen molar-refractivity contribution in [2.45, 2.75) is 38.4 Å². The molecule has 3 unspecified atom stereocenters. The summed E-state index contributed by atoms with van der Waals surface area (Å²) < 4.78 is 0. The van der Waals surface area contributed by atoms with Crippen molar-refractivity contribution in [1.29, 1.82) is 0 Å². The summed E-state index contributed by atoms with van der Waals surface area (Å²) in [5.74, 6) is 0.00968. The summed E-state index contributed by atoms with van der Waals surface area (Å²) in [5.41, 5.74) is 11.3. The van der Waals surface area contributed by atoms with E-state index in [4.69, 9.17) is 11.5 Å². The predicted octanol–water partition coefficient (Wildman–Crippen LogP) is -0.296. The molecule has 0 aliphatic carbocycles. The van der Waals surface area contributed by atoms with E-state index < -0.39 is 6.04 Å². The van der Waals surface area contributed by atoms with Gasteiger partial charge in [-0.25, -0.2) is 0 Å². The zero-order chi connectivity index (χ0) is 9.30. The lowest BCUT2D eigenvalue weighted by Gasteiger charge is -2.24. The molecule has 1 amide bonds. The maximum atomic E-state index is 11.4. The molecule has 4 nitrogen and oxygen atoms in total. The highest BCUT2D eigenvalue weighted by atomic mass is 35.5. The first-order valence-electron chi connectivity index (χ1n) is 4.35. The average Bonchev–Trinajstić information content (AvgIpc) is 2.32. The van der Waals surface area contributed by atoms with Crippen molar-refractivity contribution in [2.24, 2.45) is 11.5 Å². The Morgan fingerprint density at radius 1 is 1.62 bits per heavy atom. The molecule has 1 fully saturated rings. The van der Waals surface area contributed by atoms with E-state index >= 15 is 0 Å². The third-order valence-corrected chi connectivity index (χ3v) is 2.49. The normalized spacial score (nSPS) is 29.7. The summed E-state index contributed by atoms with van der Waals surface area (Å²) in [6.07, 6.45) is 0.889. The third-order valence-electron chi connectivity index (χ3n) is 2.49. The van der Waals surface area contributed by atoms with E-state index in [-0.39, 0.29) is 30.4 Å². The lowest BCUT2D eigenvalue weighted by atomic mass is 10.1. The summed E-state index contributed by atoms with van der Waals surface area (Å²) in [6.45, 7) is 4.43. The molecule has 4 N–H and O–H groups in total. The molecular weight excluding hydrogens is 190 g/mol. The Labute approximate surface area is 85.0 Å². The quantitative estimate of drug-likeness (QED) is 0.621. The van der Waals surface area contributed by atoms with Crippen LogP contribution in [0.3, 0.4) is 0 Å². The minimum Gasteiger partial charge on any atom is -0.337 e. The molecule has 0 bridgehead atoms. The van der Waals surface area contributed by atoms with Gasteiger partial charge >= 0.3 is 0 Å². The highest BCUT2D eigenvalue weighted by molar-refractivity contribution is 5.85. The fourth-order valence-electron chi connectivity index (χ4n) is 1.54. The Kier molecular flexibility index (Phi) is 4.67. The maximum Gasteiger partial charge on any atom is 0.239 e. The van der Waals surface area contributed by atoms with Gasteiger partial charge in [-0.1, -0.05) is 0 Å². The van der Waals surface area contributed by atoms with Crippen LogP contribution in [-0.4, -0.2) is 35.5 Å². The monoisotopic (exact) mass is 207 g/mol. The maximum absolute atomic E-state index is 11.4. The smallest absolute Gasteiger partial charge is 0.239 e. The number of likely N-dealkylation sites (tertiary alicyclic amines) is 1. The van der Waals surface area contributed by atoms with Crippen molar-refractivity contribution in [3.05, 3.63) is 0 Å². The molecule has 1 rings (SSSR count). The van der Waals surface area contributed by atoms with Gasteiger partial charge in [0.15, 0.2) is 0 Å². The summed E-state index contributed by atoms with van der Waals surface area (Å²) in [6, 6.07) is -0.144. The van der Waals surface area contributed by atoms with E-state index in [9.17, 15) is 4.79 Å². The first-order chi connectivity index (χ1) is 5.54. The second-order valence-corrected chi connectivity index (χ2v) is 3.51. The largest absolute Gasteiger partial charge is 0.337 e. The number of carbonyl (C=O) groups is 1. The SMILES string of the molecule is CC(N)C(=O)N1CCC(N)C1C.Cl. The van der Waals surface area contributed by atoms with E-state index in [1.165, 1.54) is 0 Å². The molecule has 0 saturated carbocycles. The third kappa shape index (κ3) is 2.56. The van der Waals surface area contributed by atoms with Gasteiger partial charge in [0.1, 0.15) is 0 Å². The first-order valence-corrected chi connectivity index (χ1v) is 4.35. The molecule has 1 aliphatic heterocycles. The average molecular weight is 208 g/mol. The van der Waals surface area contributed by atoms with Crippen LogP contribution in [-0.2, 0) is 4.79 Å². The summed E-state index contributed by atoms with van der Waals surface area (Å²) >= 11 is 0. The van der Waals surface area contributed by atoms with E-state index in [2.05, 4.69) is 0 Å². The van der Waals surface area contributed by atoms with Gasteiger partial charge in [-0.3, -0.25) is 4.79 Å². The molecule has 0 aromatic rings. The van der Waals surface area contributed by atoms with Crippen LogP contribution >= 0.6 is 12.4 Å². The van der Waals surface area contributed by atoms with Crippen LogP contribution in [0.5, 0.6) is 0 Å². The zero-order valence-electron chi connectivity index (χ0n) is 8.06. The minimum atomic E-state index is -0.405. The molecule has 3 atom stereocenters. The molecule has 5 heteroatoms. The highest BCUT2D eigenvalue weighted by Crippen LogP contribution is 2.16. The standard InChI is InChI=1S/C8H17N3O.ClH/c1-5(9)8(12)11-4-3-7(10)6(11)2;/h5-7H,3-4,9-10H2,1-2H3;1H. The van der Waals surface area contributed by atoms with Crippen LogP contribution in [0.2, 0.25) is 0 Å². The van der Waals surface area contributed by atoms with Gasteiger partial charge in [0.05, 0.1) is 6.04 Å². The van der Waals surface area contributed by atoms with Crippen molar-refractivity contribution in [1.82, 2.24) is 4.90 Å². The van der Waals surface area contributed by atoms with E-state index in [1.54, 1.807) is 11.8 Å². The Morgan fingerprint density at radius 2 is 2.15 bits per heavy atom. The molecule has 0 aromatic heterocycles. The first kappa shape index (κ1) is 12.7. The van der Waals surface area contributed by atoms with Crippen LogP contribution in [0.1, 0.15) is 20.3 Å². The van der Waals surface area contributed by atoms with E-state index in [0.717, 1.165) is 13.0 Å². The van der Waals surface area contributed by atoms with Gasteiger partial charge in [-0.05, 0) is 20.3 Å². The molecule has 13 heavy (non-hydrogen) atoms. The van der Waals surface area contributed by atoms with Crippen LogP contribution < -0.4 is 11.5 Å². The molecule has 0 spiro atoms. The lowest BCUT2D eigenvalue weighted by molar-refractivity contribution is -0.132. The van der Waals surface area contributed by atoms with E-state index in [1.807, 2.05) is 6.92 Å². The van der Waals surface area contributed by atoms with Crippen molar-refractivity contribution in [2.75, 3.05) is 6.54 Å². The van der Waals surface area contributed by atoms with Gasteiger partial charge in [0.2, 0.25) is 5.91 Å². The number of halogens is 1. The number of nitrogens with two attached hydrogens (primary N) is 2. The Hall–Kier alpha value is -0.320. The number of hydrogen-bond donors (Lipinski definition) is 2. The van der Waals surface area contributed by atoms with Crippen LogP contribution in [0.15, 0.2) is 0 Å². The molecule has 0 radical (unpaired) electrons. The molecule has 1 heterocycles.